The largest absolute Gasteiger partial charge is 0.396 e. The standard InChI is InChI=1S/C10H13Br2NO2S/c1-10(2,5-14)4-13-9(15)6-3-7(11)16-8(6)12/h3,14H,4-5H2,1-2H3,(H,13,15). The molecule has 1 aromatic rings. The van der Waals surface area contributed by atoms with Gasteiger partial charge in [-0.3, -0.25) is 4.79 Å². The van der Waals surface area contributed by atoms with Gasteiger partial charge in [0.15, 0.2) is 0 Å². The Morgan fingerprint density at radius 1 is 1.56 bits per heavy atom. The SMILES string of the molecule is CC(C)(CO)CNC(=O)c1cc(Br)sc1Br. The molecule has 3 nitrogen and oxygen atoms in total. The summed E-state index contributed by atoms with van der Waals surface area (Å²) >= 11 is 8.12. The number of aliphatic hydroxyl groups excluding tert-OH is 1. The number of rotatable bonds is 4. The number of carbonyl (C=O) groups excluding carboxylic acids is 1. The highest BCUT2D eigenvalue weighted by Gasteiger charge is 2.19. The van der Waals surface area contributed by atoms with E-state index >= 15 is 0 Å². The van der Waals surface area contributed by atoms with Crippen molar-refractivity contribution in [3.63, 3.8) is 0 Å². The zero-order chi connectivity index (χ0) is 12.3. The predicted molar refractivity (Wildman–Crippen MR) is 72.9 cm³/mol. The minimum Gasteiger partial charge on any atom is -0.396 e. The second-order valence-electron chi connectivity index (χ2n) is 4.24. The van der Waals surface area contributed by atoms with Crippen molar-refractivity contribution in [2.45, 2.75) is 13.8 Å². The summed E-state index contributed by atoms with van der Waals surface area (Å²) in [6, 6.07) is 1.77. The summed E-state index contributed by atoms with van der Waals surface area (Å²) in [5.74, 6) is -0.129. The molecule has 0 aliphatic heterocycles. The summed E-state index contributed by atoms with van der Waals surface area (Å²) in [4.78, 5) is 11.8. The molecule has 2 N–H and O–H groups in total. The molecule has 6 heteroatoms. The van der Waals surface area contributed by atoms with E-state index in [1.807, 2.05) is 13.8 Å². The smallest absolute Gasteiger partial charge is 0.253 e. The summed E-state index contributed by atoms with van der Waals surface area (Å²) < 4.78 is 1.71. The van der Waals surface area contributed by atoms with E-state index < -0.39 is 0 Å². The van der Waals surface area contributed by atoms with E-state index in [4.69, 9.17) is 5.11 Å². The van der Waals surface area contributed by atoms with Crippen LogP contribution < -0.4 is 5.32 Å². The highest BCUT2D eigenvalue weighted by Crippen LogP contribution is 2.31. The number of thiophene rings is 1. The normalized spacial score (nSPS) is 11.6. The number of nitrogens with one attached hydrogen (secondary N) is 1. The van der Waals surface area contributed by atoms with Gasteiger partial charge in [0.2, 0.25) is 0 Å². The van der Waals surface area contributed by atoms with Crippen LogP contribution in [0.25, 0.3) is 0 Å². The van der Waals surface area contributed by atoms with Crippen LogP contribution in [-0.2, 0) is 0 Å². The predicted octanol–water partition coefficient (Wildman–Crippen LogP) is 3.02. The Morgan fingerprint density at radius 2 is 2.19 bits per heavy atom. The molecule has 0 fully saturated rings. The van der Waals surface area contributed by atoms with Gasteiger partial charge in [-0.05, 0) is 37.9 Å². The molecule has 1 amide bonds. The van der Waals surface area contributed by atoms with E-state index in [9.17, 15) is 4.79 Å². The van der Waals surface area contributed by atoms with Crippen molar-refractivity contribution in [1.29, 1.82) is 0 Å². The molecule has 1 heterocycles. The molecule has 0 unspecified atom stereocenters. The maximum absolute atomic E-state index is 11.8. The van der Waals surface area contributed by atoms with Crippen LogP contribution in [0.15, 0.2) is 13.6 Å². The van der Waals surface area contributed by atoms with Gasteiger partial charge in [-0.15, -0.1) is 11.3 Å². The highest BCUT2D eigenvalue weighted by atomic mass is 79.9. The average molecular weight is 371 g/mol. The number of hydrogen-bond acceptors (Lipinski definition) is 3. The second-order valence-corrected chi connectivity index (χ2v) is 7.99. The summed E-state index contributed by atoms with van der Waals surface area (Å²) in [7, 11) is 0. The van der Waals surface area contributed by atoms with E-state index in [1.54, 1.807) is 6.07 Å². The Labute approximate surface area is 116 Å². The van der Waals surface area contributed by atoms with Crippen LogP contribution in [0, 0.1) is 5.41 Å². The van der Waals surface area contributed by atoms with Crippen LogP contribution in [0.5, 0.6) is 0 Å². The molecule has 0 saturated carbocycles. The molecule has 0 atom stereocenters. The van der Waals surface area contributed by atoms with Crippen LogP contribution in [0.4, 0.5) is 0 Å². The first kappa shape index (κ1) is 14.2. The fraction of sp³-hybridized carbons (Fsp3) is 0.500. The first-order valence-electron chi connectivity index (χ1n) is 4.69. The number of carbonyl (C=O) groups is 1. The van der Waals surface area contributed by atoms with Crippen molar-refractivity contribution in [3.8, 4) is 0 Å². The lowest BCUT2D eigenvalue weighted by Crippen LogP contribution is -2.36. The lowest BCUT2D eigenvalue weighted by atomic mass is 9.95. The summed E-state index contributed by atoms with van der Waals surface area (Å²) in [5, 5.41) is 11.9. The van der Waals surface area contributed by atoms with Gasteiger partial charge in [-0.2, -0.15) is 0 Å². The molecule has 0 radical (unpaired) electrons. The molecule has 90 valence electrons. The van der Waals surface area contributed by atoms with E-state index in [-0.39, 0.29) is 17.9 Å². The topological polar surface area (TPSA) is 49.3 Å². The minimum absolute atomic E-state index is 0.0434. The average Bonchev–Trinajstić information content (AvgIpc) is 2.54. The van der Waals surface area contributed by atoms with Crippen LogP contribution >= 0.6 is 43.2 Å². The van der Waals surface area contributed by atoms with Gasteiger partial charge < -0.3 is 10.4 Å². The fourth-order valence-electron chi connectivity index (χ4n) is 0.966. The molecule has 0 spiro atoms. The van der Waals surface area contributed by atoms with Crippen molar-refractivity contribution < 1.29 is 9.90 Å². The number of aliphatic hydroxyl groups is 1. The van der Waals surface area contributed by atoms with Gasteiger partial charge in [0.1, 0.15) is 0 Å². The van der Waals surface area contributed by atoms with Gasteiger partial charge in [-0.1, -0.05) is 13.8 Å². The van der Waals surface area contributed by atoms with Crippen LogP contribution in [0.1, 0.15) is 24.2 Å². The van der Waals surface area contributed by atoms with Crippen LogP contribution in [0.2, 0.25) is 0 Å². The molecule has 0 bridgehead atoms. The third kappa shape index (κ3) is 3.84. The van der Waals surface area contributed by atoms with Gasteiger partial charge in [-0.25, -0.2) is 0 Å². The quantitative estimate of drug-likeness (QED) is 0.855. The molecule has 1 rings (SSSR count). The second kappa shape index (κ2) is 5.62. The molecule has 0 aliphatic rings. The van der Waals surface area contributed by atoms with Gasteiger partial charge in [0.05, 0.1) is 13.1 Å². The van der Waals surface area contributed by atoms with Gasteiger partial charge >= 0.3 is 0 Å². The Balaban J connectivity index is 2.63. The molecule has 0 saturated heterocycles. The van der Waals surface area contributed by atoms with Crippen LogP contribution in [0.3, 0.4) is 0 Å². The molecule has 1 aromatic heterocycles. The van der Waals surface area contributed by atoms with Gasteiger partial charge in [0, 0.05) is 18.6 Å². The Morgan fingerprint density at radius 3 is 2.62 bits per heavy atom. The van der Waals surface area contributed by atoms with E-state index in [0.29, 0.717) is 12.1 Å². The molecule has 0 aromatic carbocycles. The van der Waals surface area contributed by atoms with Crippen molar-refractivity contribution in [1.82, 2.24) is 5.32 Å². The number of hydrogen-bond donors (Lipinski definition) is 2. The van der Waals surface area contributed by atoms with Crippen molar-refractivity contribution in [3.05, 3.63) is 19.2 Å². The third-order valence-electron chi connectivity index (χ3n) is 2.06. The Hall–Kier alpha value is 0.0900. The fourth-order valence-corrected chi connectivity index (χ4v) is 3.76. The molecule has 0 aliphatic carbocycles. The van der Waals surface area contributed by atoms with E-state index in [1.165, 1.54) is 11.3 Å². The van der Waals surface area contributed by atoms with Crippen LogP contribution in [-0.4, -0.2) is 24.2 Å². The zero-order valence-corrected chi connectivity index (χ0v) is 13.0. The summed E-state index contributed by atoms with van der Waals surface area (Å²) in [5.41, 5.74) is 0.320. The third-order valence-corrected chi connectivity index (χ3v) is 4.40. The number of halogens is 2. The highest BCUT2D eigenvalue weighted by molar-refractivity contribution is 9.12. The van der Waals surface area contributed by atoms with Crippen molar-refractivity contribution >= 4 is 49.1 Å². The minimum atomic E-state index is -0.296. The molecule has 16 heavy (non-hydrogen) atoms. The first-order chi connectivity index (χ1) is 7.35. The van der Waals surface area contributed by atoms with Crippen molar-refractivity contribution in [2.75, 3.05) is 13.2 Å². The molecular weight excluding hydrogens is 358 g/mol. The summed E-state index contributed by atoms with van der Waals surface area (Å²) in [6.07, 6.45) is 0. The maximum atomic E-state index is 11.8. The summed E-state index contributed by atoms with van der Waals surface area (Å²) in [6.45, 7) is 4.28. The number of amides is 1. The monoisotopic (exact) mass is 369 g/mol. The van der Waals surface area contributed by atoms with E-state index in [0.717, 1.165) is 7.57 Å². The zero-order valence-electron chi connectivity index (χ0n) is 9.01. The Kier molecular flexibility index (Phi) is 4.97. The lowest BCUT2D eigenvalue weighted by Gasteiger charge is -2.21. The van der Waals surface area contributed by atoms with E-state index in [2.05, 4.69) is 37.2 Å². The molecular formula is C10H13Br2NO2S. The van der Waals surface area contributed by atoms with Gasteiger partial charge in [0.25, 0.3) is 5.91 Å². The lowest BCUT2D eigenvalue weighted by molar-refractivity contribution is 0.0911. The first-order valence-corrected chi connectivity index (χ1v) is 7.10. The van der Waals surface area contributed by atoms with Crippen molar-refractivity contribution in [2.24, 2.45) is 5.41 Å². The Bertz CT molecular complexity index is 390. The maximum Gasteiger partial charge on any atom is 0.253 e.